The lowest BCUT2D eigenvalue weighted by atomic mass is 9.92. The van der Waals surface area contributed by atoms with Crippen LogP contribution in [0.1, 0.15) is 27.2 Å². The second-order valence-electron chi connectivity index (χ2n) is 7.95. The highest BCUT2D eigenvalue weighted by molar-refractivity contribution is 6.08. The van der Waals surface area contributed by atoms with Crippen LogP contribution in [-0.2, 0) is 23.6 Å². The van der Waals surface area contributed by atoms with Crippen molar-refractivity contribution in [2.75, 3.05) is 6.54 Å². The number of carbonyl (C=O) groups excluding carboxylic acids is 3. The van der Waals surface area contributed by atoms with Gasteiger partial charge in [-0.3, -0.25) is 19.6 Å². The first kappa shape index (κ1) is 23.0. The molecule has 0 radical (unpaired) electrons. The van der Waals surface area contributed by atoms with Gasteiger partial charge in [0.15, 0.2) is 5.54 Å². The number of halogens is 3. The van der Waals surface area contributed by atoms with Crippen LogP contribution in [0, 0.1) is 6.92 Å². The fraction of sp³-hybridized carbons (Fsp3) is 0.217. The maximum atomic E-state index is 13.1. The summed E-state index contributed by atoms with van der Waals surface area (Å²) in [7, 11) is 1.66. The fourth-order valence-electron chi connectivity index (χ4n) is 3.98. The molecule has 1 fully saturated rings. The van der Waals surface area contributed by atoms with Crippen LogP contribution < -0.4 is 16.0 Å². The summed E-state index contributed by atoms with van der Waals surface area (Å²) in [6.45, 7) is 1.44. The van der Waals surface area contributed by atoms with E-state index in [-0.39, 0.29) is 17.8 Å². The van der Waals surface area contributed by atoms with Crippen LogP contribution in [0.25, 0.3) is 11.1 Å². The van der Waals surface area contributed by atoms with Gasteiger partial charge in [0.25, 0.3) is 11.8 Å². The van der Waals surface area contributed by atoms with Gasteiger partial charge in [0.05, 0.1) is 12.1 Å². The van der Waals surface area contributed by atoms with Gasteiger partial charge < -0.3 is 10.6 Å². The van der Waals surface area contributed by atoms with E-state index >= 15 is 0 Å². The Kier molecular flexibility index (Phi) is 5.64. The van der Waals surface area contributed by atoms with Crippen LogP contribution >= 0.6 is 0 Å². The first-order valence-corrected chi connectivity index (χ1v) is 10.2. The molecule has 1 aliphatic heterocycles. The molecule has 176 valence electrons. The number of benzene rings is 2. The summed E-state index contributed by atoms with van der Waals surface area (Å²) < 4.78 is 40.2. The van der Waals surface area contributed by atoms with Gasteiger partial charge in [-0.25, -0.2) is 4.79 Å². The number of hydrogen-bond donors (Lipinski definition) is 3. The lowest BCUT2D eigenvalue weighted by molar-refractivity contribution is -0.137. The average Bonchev–Trinajstić information content (AvgIpc) is 3.28. The number of nitrogens with zero attached hydrogens (tertiary/aromatic N) is 2. The van der Waals surface area contributed by atoms with Gasteiger partial charge in [-0.15, -0.1) is 0 Å². The van der Waals surface area contributed by atoms with Gasteiger partial charge in [-0.2, -0.15) is 18.3 Å². The number of imide groups is 1. The molecule has 8 nitrogen and oxygen atoms in total. The van der Waals surface area contributed by atoms with E-state index in [1.165, 1.54) is 22.9 Å². The minimum Gasteiger partial charge on any atom is -0.349 e. The lowest BCUT2D eigenvalue weighted by Crippen LogP contribution is -2.53. The summed E-state index contributed by atoms with van der Waals surface area (Å²) in [5.41, 5.74) is -0.457. The third kappa shape index (κ3) is 4.12. The highest BCUT2D eigenvalue weighted by Gasteiger charge is 2.50. The van der Waals surface area contributed by atoms with Gasteiger partial charge in [0.2, 0.25) is 0 Å². The molecule has 0 bridgehead atoms. The lowest BCUT2D eigenvalue weighted by Gasteiger charge is -2.25. The van der Waals surface area contributed by atoms with E-state index in [4.69, 9.17) is 0 Å². The SMILES string of the molecule is Cc1cn(C)nc1[C@@]1(CNC(=O)c2ccccc2-c2ccc(C(F)(F)F)cc2)NC(=O)NC1=O. The highest BCUT2D eigenvalue weighted by atomic mass is 19.4. The molecule has 11 heteroatoms. The third-order valence-electron chi connectivity index (χ3n) is 5.57. The van der Waals surface area contributed by atoms with Crippen LogP contribution in [0.15, 0.2) is 54.7 Å². The minimum atomic E-state index is -4.47. The molecule has 4 rings (SSSR count). The Balaban J connectivity index is 1.63. The molecular weight excluding hydrogens is 451 g/mol. The molecule has 1 saturated heterocycles. The number of aryl methyl sites for hydroxylation is 2. The molecule has 2 heterocycles. The number of alkyl halides is 3. The van der Waals surface area contributed by atoms with E-state index in [0.717, 1.165) is 12.1 Å². The molecule has 1 aliphatic rings. The predicted octanol–water partition coefficient (Wildman–Crippen LogP) is 2.88. The number of nitrogens with one attached hydrogen (secondary N) is 3. The van der Waals surface area contributed by atoms with Gasteiger partial charge in [0.1, 0.15) is 5.69 Å². The Morgan fingerprint density at radius 3 is 2.35 bits per heavy atom. The predicted molar refractivity (Wildman–Crippen MR) is 116 cm³/mol. The summed E-state index contributed by atoms with van der Waals surface area (Å²) in [6, 6.07) is 10.2. The molecule has 0 aliphatic carbocycles. The van der Waals surface area contributed by atoms with Crippen molar-refractivity contribution in [2.45, 2.75) is 18.6 Å². The van der Waals surface area contributed by atoms with E-state index in [0.29, 0.717) is 16.7 Å². The van der Waals surface area contributed by atoms with Crippen molar-refractivity contribution in [2.24, 2.45) is 7.05 Å². The zero-order chi connectivity index (χ0) is 24.7. The second kappa shape index (κ2) is 8.32. The quantitative estimate of drug-likeness (QED) is 0.498. The first-order chi connectivity index (χ1) is 16.0. The topological polar surface area (TPSA) is 105 Å². The van der Waals surface area contributed by atoms with Crippen LogP contribution in [0.2, 0.25) is 0 Å². The molecule has 34 heavy (non-hydrogen) atoms. The Hall–Kier alpha value is -4.15. The van der Waals surface area contributed by atoms with Gasteiger partial charge in [0, 0.05) is 18.8 Å². The monoisotopic (exact) mass is 471 g/mol. The smallest absolute Gasteiger partial charge is 0.349 e. The molecule has 1 atom stereocenters. The van der Waals surface area contributed by atoms with Crippen LogP contribution in [0.4, 0.5) is 18.0 Å². The minimum absolute atomic E-state index is 0.194. The Morgan fingerprint density at radius 2 is 1.79 bits per heavy atom. The van der Waals surface area contributed by atoms with Gasteiger partial charge in [-0.1, -0.05) is 30.3 Å². The Morgan fingerprint density at radius 1 is 1.12 bits per heavy atom. The maximum Gasteiger partial charge on any atom is 0.416 e. The third-order valence-corrected chi connectivity index (χ3v) is 5.57. The molecule has 0 saturated carbocycles. The molecule has 3 aromatic rings. The zero-order valence-electron chi connectivity index (χ0n) is 18.2. The summed E-state index contributed by atoms with van der Waals surface area (Å²) >= 11 is 0. The number of hydrogen-bond acceptors (Lipinski definition) is 4. The molecule has 4 amide bonds. The molecule has 1 aromatic heterocycles. The largest absolute Gasteiger partial charge is 0.416 e. The van der Waals surface area contributed by atoms with E-state index in [1.54, 1.807) is 38.4 Å². The van der Waals surface area contributed by atoms with Crippen LogP contribution in [0.5, 0.6) is 0 Å². The zero-order valence-corrected chi connectivity index (χ0v) is 18.2. The number of aromatic nitrogens is 2. The summed E-state index contributed by atoms with van der Waals surface area (Å²) in [4.78, 5) is 37.8. The van der Waals surface area contributed by atoms with Crippen LogP contribution in [-0.4, -0.2) is 34.2 Å². The van der Waals surface area contributed by atoms with Crippen molar-refractivity contribution in [1.82, 2.24) is 25.7 Å². The van der Waals surface area contributed by atoms with Crippen molar-refractivity contribution in [3.05, 3.63) is 77.1 Å². The normalized spacial score (nSPS) is 17.9. The second-order valence-corrected chi connectivity index (χ2v) is 7.95. The number of carbonyl (C=O) groups is 3. The van der Waals surface area contributed by atoms with E-state index in [2.05, 4.69) is 21.0 Å². The van der Waals surface area contributed by atoms with Gasteiger partial charge in [-0.05, 0) is 41.8 Å². The highest BCUT2D eigenvalue weighted by Crippen LogP contribution is 2.32. The summed E-state index contributed by atoms with van der Waals surface area (Å²) in [6.07, 6.45) is -2.80. The number of urea groups is 1. The van der Waals surface area contributed by atoms with Crippen molar-refractivity contribution < 1.29 is 27.6 Å². The van der Waals surface area contributed by atoms with E-state index < -0.39 is 35.1 Å². The molecule has 0 unspecified atom stereocenters. The number of rotatable bonds is 5. The van der Waals surface area contributed by atoms with Crippen LogP contribution in [0.3, 0.4) is 0 Å². The van der Waals surface area contributed by atoms with Crippen molar-refractivity contribution in [3.8, 4) is 11.1 Å². The van der Waals surface area contributed by atoms with E-state index in [9.17, 15) is 27.6 Å². The fourth-order valence-corrected chi connectivity index (χ4v) is 3.98. The van der Waals surface area contributed by atoms with Gasteiger partial charge >= 0.3 is 12.2 Å². The molecular formula is C23H20F3N5O3. The van der Waals surface area contributed by atoms with E-state index in [1.807, 2.05) is 0 Å². The Labute approximate surface area is 192 Å². The summed E-state index contributed by atoms with van der Waals surface area (Å²) in [5.74, 6) is -1.23. The van der Waals surface area contributed by atoms with Crippen molar-refractivity contribution in [1.29, 1.82) is 0 Å². The van der Waals surface area contributed by atoms with Crippen molar-refractivity contribution in [3.63, 3.8) is 0 Å². The molecule has 2 aromatic carbocycles. The Bertz CT molecular complexity index is 1280. The maximum absolute atomic E-state index is 13.1. The first-order valence-electron chi connectivity index (χ1n) is 10.2. The summed E-state index contributed by atoms with van der Waals surface area (Å²) in [5, 5.41) is 11.7. The molecule has 0 spiro atoms. The average molecular weight is 471 g/mol. The molecule has 3 N–H and O–H groups in total. The van der Waals surface area contributed by atoms with Crippen molar-refractivity contribution >= 4 is 17.8 Å². The standard InChI is InChI=1S/C23H20F3N5O3/c1-13-11-31(2)30-18(13)22(20(33)28-21(34)29-22)12-27-19(32)17-6-4-3-5-16(17)14-7-9-15(10-8-14)23(24,25)26/h3-11H,12H2,1-2H3,(H,27,32)(H2,28,29,33,34)/t22-/m1/s1. The number of amides is 4.